The van der Waals surface area contributed by atoms with Crippen LogP contribution >= 0.6 is 34.8 Å². The number of hydrogen-bond acceptors (Lipinski definition) is 5. The van der Waals surface area contributed by atoms with Gasteiger partial charge < -0.3 is 4.42 Å². The fourth-order valence-electron chi connectivity index (χ4n) is 2.16. The highest BCUT2D eigenvalue weighted by molar-refractivity contribution is 6.41. The van der Waals surface area contributed by atoms with Gasteiger partial charge in [0.05, 0.1) is 26.9 Å². The summed E-state index contributed by atoms with van der Waals surface area (Å²) in [5.41, 5.74) is 3.73. The molecule has 2 aromatic carbocycles. The average Bonchev–Trinajstić information content (AvgIpc) is 3.06. The molecule has 0 bridgehead atoms. The van der Waals surface area contributed by atoms with E-state index in [1.54, 1.807) is 36.4 Å². The van der Waals surface area contributed by atoms with E-state index in [-0.39, 0.29) is 5.69 Å². The predicted molar refractivity (Wildman–Crippen MR) is 103 cm³/mol. The molecule has 0 spiro atoms. The van der Waals surface area contributed by atoms with Gasteiger partial charge in [0.25, 0.3) is 5.69 Å². The molecule has 0 aliphatic heterocycles. The Morgan fingerprint density at radius 1 is 1.08 bits per heavy atom. The summed E-state index contributed by atoms with van der Waals surface area (Å²) in [5.74, 6) is 0.929. The average molecular weight is 411 g/mol. The molecular formula is C17H10Cl3N3O3. The fourth-order valence-corrected chi connectivity index (χ4v) is 3.06. The summed E-state index contributed by atoms with van der Waals surface area (Å²) in [6.45, 7) is 0. The zero-order chi connectivity index (χ0) is 18.7. The second-order valence-corrected chi connectivity index (χ2v) is 6.37. The van der Waals surface area contributed by atoms with Crippen molar-refractivity contribution in [3.63, 3.8) is 0 Å². The molecule has 0 atom stereocenters. The van der Waals surface area contributed by atoms with E-state index in [0.29, 0.717) is 37.8 Å². The van der Waals surface area contributed by atoms with Gasteiger partial charge in [-0.2, -0.15) is 5.10 Å². The third-order valence-electron chi connectivity index (χ3n) is 3.34. The van der Waals surface area contributed by atoms with E-state index >= 15 is 0 Å². The van der Waals surface area contributed by atoms with Gasteiger partial charge in [-0.3, -0.25) is 15.5 Å². The van der Waals surface area contributed by atoms with Crippen molar-refractivity contribution in [2.24, 2.45) is 5.10 Å². The monoisotopic (exact) mass is 409 g/mol. The number of rotatable bonds is 5. The number of benzene rings is 2. The Morgan fingerprint density at radius 3 is 2.50 bits per heavy atom. The molecule has 6 nitrogen and oxygen atoms in total. The smallest absolute Gasteiger partial charge is 0.270 e. The Balaban J connectivity index is 1.76. The molecular weight excluding hydrogens is 401 g/mol. The number of anilines is 1. The lowest BCUT2D eigenvalue weighted by Crippen LogP contribution is -1.92. The first-order valence-corrected chi connectivity index (χ1v) is 8.36. The SMILES string of the molecule is O=[N+]([O-])c1cccc(-c2ccc(C=NNc3c(Cl)cc(Cl)cc3Cl)o2)c1. The van der Waals surface area contributed by atoms with Gasteiger partial charge in [-0.1, -0.05) is 46.9 Å². The van der Waals surface area contributed by atoms with Crippen LogP contribution in [0.2, 0.25) is 15.1 Å². The summed E-state index contributed by atoms with van der Waals surface area (Å²) in [5, 5.41) is 16.0. The minimum Gasteiger partial charge on any atom is -0.455 e. The van der Waals surface area contributed by atoms with E-state index in [0.717, 1.165) is 0 Å². The number of halogens is 3. The molecule has 0 aliphatic rings. The molecule has 132 valence electrons. The predicted octanol–water partition coefficient (Wildman–Crippen LogP) is 6.26. The Morgan fingerprint density at radius 2 is 1.81 bits per heavy atom. The van der Waals surface area contributed by atoms with E-state index in [9.17, 15) is 10.1 Å². The van der Waals surface area contributed by atoms with E-state index in [1.165, 1.54) is 18.3 Å². The molecule has 0 unspecified atom stereocenters. The number of hydrazone groups is 1. The summed E-state index contributed by atoms with van der Waals surface area (Å²) in [6.07, 6.45) is 1.43. The molecule has 9 heteroatoms. The number of furan rings is 1. The normalized spacial score (nSPS) is 11.0. The first-order valence-electron chi connectivity index (χ1n) is 7.22. The van der Waals surface area contributed by atoms with Gasteiger partial charge in [-0.15, -0.1) is 0 Å². The summed E-state index contributed by atoms with van der Waals surface area (Å²) in [4.78, 5) is 10.4. The van der Waals surface area contributed by atoms with Gasteiger partial charge in [-0.05, 0) is 24.3 Å². The van der Waals surface area contributed by atoms with E-state index in [2.05, 4.69) is 10.5 Å². The minimum atomic E-state index is -0.460. The molecule has 3 aromatic rings. The topological polar surface area (TPSA) is 80.7 Å². The third-order valence-corrected chi connectivity index (χ3v) is 4.16. The molecule has 0 fully saturated rings. The first-order chi connectivity index (χ1) is 12.4. The zero-order valence-corrected chi connectivity index (χ0v) is 15.2. The number of nitrogens with one attached hydrogen (secondary N) is 1. The first kappa shape index (κ1) is 18.3. The van der Waals surface area contributed by atoms with Gasteiger partial charge in [0.15, 0.2) is 0 Å². The van der Waals surface area contributed by atoms with E-state index in [1.807, 2.05) is 0 Å². The lowest BCUT2D eigenvalue weighted by atomic mass is 10.1. The van der Waals surface area contributed by atoms with Crippen molar-refractivity contribution < 1.29 is 9.34 Å². The Bertz CT molecular complexity index is 979. The third kappa shape index (κ3) is 4.16. The molecule has 0 amide bonds. The van der Waals surface area contributed by atoms with Crippen LogP contribution in [0.3, 0.4) is 0 Å². The Labute approximate surface area is 163 Å². The number of non-ortho nitro benzene ring substituents is 1. The maximum absolute atomic E-state index is 10.9. The second-order valence-electron chi connectivity index (χ2n) is 5.12. The summed E-state index contributed by atoms with van der Waals surface area (Å²) in [7, 11) is 0. The number of nitro groups is 1. The minimum absolute atomic E-state index is 0.0113. The molecule has 0 aliphatic carbocycles. The lowest BCUT2D eigenvalue weighted by Gasteiger charge is -2.06. The molecule has 1 N–H and O–H groups in total. The highest BCUT2D eigenvalue weighted by atomic mass is 35.5. The molecule has 3 rings (SSSR count). The number of hydrogen-bond donors (Lipinski definition) is 1. The van der Waals surface area contributed by atoms with Crippen LogP contribution in [0, 0.1) is 10.1 Å². The number of nitrogens with zero attached hydrogens (tertiary/aromatic N) is 2. The Hall–Kier alpha value is -2.54. The van der Waals surface area contributed by atoms with Crippen LogP contribution in [0.4, 0.5) is 11.4 Å². The highest BCUT2D eigenvalue weighted by Crippen LogP contribution is 2.33. The summed E-state index contributed by atoms with van der Waals surface area (Å²) in [6, 6.07) is 12.6. The van der Waals surface area contributed by atoms with Gasteiger partial charge in [0.2, 0.25) is 0 Å². The van der Waals surface area contributed by atoms with Crippen LogP contribution in [0.1, 0.15) is 5.76 Å². The molecule has 1 heterocycles. The van der Waals surface area contributed by atoms with Crippen LogP contribution in [0.25, 0.3) is 11.3 Å². The van der Waals surface area contributed by atoms with Crippen molar-refractivity contribution in [3.05, 3.63) is 79.5 Å². The van der Waals surface area contributed by atoms with Crippen molar-refractivity contribution >= 4 is 52.4 Å². The van der Waals surface area contributed by atoms with Crippen molar-refractivity contribution in [2.45, 2.75) is 0 Å². The second kappa shape index (κ2) is 7.78. The highest BCUT2D eigenvalue weighted by Gasteiger charge is 2.10. The van der Waals surface area contributed by atoms with Crippen molar-refractivity contribution in [3.8, 4) is 11.3 Å². The molecule has 0 saturated heterocycles. The van der Waals surface area contributed by atoms with Crippen molar-refractivity contribution in [1.29, 1.82) is 0 Å². The van der Waals surface area contributed by atoms with Gasteiger partial charge >= 0.3 is 0 Å². The Kier molecular flexibility index (Phi) is 5.46. The molecule has 26 heavy (non-hydrogen) atoms. The van der Waals surface area contributed by atoms with Gasteiger partial charge in [0, 0.05) is 22.7 Å². The fraction of sp³-hybridized carbons (Fsp3) is 0. The van der Waals surface area contributed by atoms with Gasteiger partial charge in [0.1, 0.15) is 11.5 Å². The van der Waals surface area contributed by atoms with E-state index < -0.39 is 4.92 Å². The molecule has 1 aromatic heterocycles. The van der Waals surface area contributed by atoms with Crippen LogP contribution in [0.15, 0.2) is 58.0 Å². The quantitative estimate of drug-likeness (QED) is 0.306. The van der Waals surface area contributed by atoms with Crippen LogP contribution < -0.4 is 5.43 Å². The largest absolute Gasteiger partial charge is 0.455 e. The maximum Gasteiger partial charge on any atom is 0.270 e. The maximum atomic E-state index is 10.9. The van der Waals surface area contributed by atoms with Crippen LogP contribution in [0.5, 0.6) is 0 Å². The van der Waals surface area contributed by atoms with E-state index in [4.69, 9.17) is 39.2 Å². The summed E-state index contributed by atoms with van der Waals surface area (Å²) >= 11 is 18.0. The zero-order valence-electron chi connectivity index (χ0n) is 12.9. The summed E-state index contributed by atoms with van der Waals surface area (Å²) < 4.78 is 5.62. The standard InChI is InChI=1S/C17H10Cl3N3O3/c18-11-7-14(19)17(15(20)8-11)22-21-9-13-4-5-16(26-13)10-2-1-3-12(6-10)23(24)25/h1-9,22H. The van der Waals surface area contributed by atoms with Crippen LogP contribution in [-0.4, -0.2) is 11.1 Å². The van der Waals surface area contributed by atoms with Gasteiger partial charge in [-0.25, -0.2) is 0 Å². The molecule has 0 saturated carbocycles. The van der Waals surface area contributed by atoms with Crippen molar-refractivity contribution in [1.82, 2.24) is 0 Å². The lowest BCUT2D eigenvalue weighted by molar-refractivity contribution is -0.384. The van der Waals surface area contributed by atoms with Crippen LogP contribution in [-0.2, 0) is 0 Å². The van der Waals surface area contributed by atoms with Crippen molar-refractivity contribution in [2.75, 3.05) is 5.43 Å². The molecule has 0 radical (unpaired) electrons. The number of nitro benzene ring substituents is 1.